The van der Waals surface area contributed by atoms with Crippen LogP contribution in [0.25, 0.3) is 11.6 Å². The van der Waals surface area contributed by atoms with E-state index in [0.717, 1.165) is 25.7 Å². The van der Waals surface area contributed by atoms with E-state index in [2.05, 4.69) is 20.1 Å². The molecule has 19 heavy (non-hydrogen) atoms. The van der Waals surface area contributed by atoms with Crippen molar-refractivity contribution in [3.05, 3.63) is 24.4 Å². The third-order valence-corrected chi connectivity index (χ3v) is 3.61. The second-order valence-electron chi connectivity index (χ2n) is 5.07. The van der Waals surface area contributed by atoms with Gasteiger partial charge >= 0.3 is 0 Å². The minimum absolute atomic E-state index is 0.407. The molecule has 0 unspecified atom stereocenters. The van der Waals surface area contributed by atoms with Crippen LogP contribution in [0.15, 0.2) is 23.0 Å². The van der Waals surface area contributed by atoms with Crippen molar-refractivity contribution < 1.29 is 4.52 Å². The van der Waals surface area contributed by atoms with Crippen molar-refractivity contribution in [3.8, 4) is 11.6 Å². The molecule has 2 N–H and O–H groups in total. The third-order valence-electron chi connectivity index (χ3n) is 3.61. The monoisotopic (exact) mass is 259 g/mol. The molecular formula is C13H17N5O. The molecule has 1 fully saturated rings. The topological polar surface area (TPSA) is 90.7 Å². The maximum absolute atomic E-state index is 6.43. The second kappa shape index (κ2) is 5.05. The summed E-state index contributed by atoms with van der Waals surface area (Å²) in [5.41, 5.74) is 5.95. The summed E-state index contributed by atoms with van der Waals surface area (Å²) < 4.78 is 5.35. The first kappa shape index (κ1) is 12.2. The molecule has 0 aromatic carbocycles. The summed E-state index contributed by atoms with van der Waals surface area (Å²) in [7, 11) is 0. The van der Waals surface area contributed by atoms with Gasteiger partial charge in [0.25, 0.3) is 0 Å². The summed E-state index contributed by atoms with van der Waals surface area (Å²) in [5, 5.41) is 3.95. The molecule has 0 amide bonds. The maximum atomic E-state index is 6.43. The van der Waals surface area contributed by atoms with E-state index in [-0.39, 0.29) is 0 Å². The van der Waals surface area contributed by atoms with Gasteiger partial charge in [-0.25, -0.2) is 9.97 Å². The van der Waals surface area contributed by atoms with Crippen molar-refractivity contribution in [1.82, 2.24) is 20.1 Å². The van der Waals surface area contributed by atoms with Crippen LogP contribution in [0.5, 0.6) is 0 Å². The zero-order valence-corrected chi connectivity index (χ0v) is 10.7. The fraction of sp³-hybridized carbons (Fsp3) is 0.538. The largest absolute Gasteiger partial charge is 0.337 e. The van der Waals surface area contributed by atoms with Crippen LogP contribution in [0.1, 0.15) is 44.4 Å². The molecule has 1 aliphatic rings. The van der Waals surface area contributed by atoms with Crippen molar-refractivity contribution >= 4 is 0 Å². The molecule has 6 nitrogen and oxygen atoms in total. The highest BCUT2D eigenvalue weighted by atomic mass is 16.5. The SMILES string of the molecule is NC1(c2nc(-c3ncccn3)no2)CCCCCC1. The molecule has 1 aliphatic carbocycles. The second-order valence-corrected chi connectivity index (χ2v) is 5.07. The predicted molar refractivity (Wildman–Crippen MR) is 68.9 cm³/mol. The van der Waals surface area contributed by atoms with Crippen LogP contribution in [-0.2, 0) is 5.54 Å². The average molecular weight is 259 g/mol. The normalized spacial score (nSPS) is 19.0. The average Bonchev–Trinajstić information content (AvgIpc) is 2.85. The molecule has 2 heterocycles. The van der Waals surface area contributed by atoms with Gasteiger partial charge in [-0.3, -0.25) is 0 Å². The minimum Gasteiger partial charge on any atom is -0.337 e. The lowest BCUT2D eigenvalue weighted by Crippen LogP contribution is -2.36. The van der Waals surface area contributed by atoms with Crippen LogP contribution in [0, 0.1) is 0 Å². The highest BCUT2D eigenvalue weighted by molar-refractivity contribution is 5.40. The molecule has 0 bridgehead atoms. The van der Waals surface area contributed by atoms with E-state index in [0.29, 0.717) is 17.5 Å². The van der Waals surface area contributed by atoms with Crippen molar-refractivity contribution in [1.29, 1.82) is 0 Å². The zero-order valence-electron chi connectivity index (χ0n) is 10.7. The van der Waals surface area contributed by atoms with Crippen LogP contribution >= 0.6 is 0 Å². The van der Waals surface area contributed by atoms with Gasteiger partial charge in [-0.1, -0.05) is 30.8 Å². The van der Waals surface area contributed by atoms with E-state index in [1.807, 2.05) is 0 Å². The summed E-state index contributed by atoms with van der Waals surface area (Å²) in [4.78, 5) is 12.6. The summed E-state index contributed by atoms with van der Waals surface area (Å²) in [6.45, 7) is 0. The molecular weight excluding hydrogens is 242 g/mol. The van der Waals surface area contributed by atoms with E-state index >= 15 is 0 Å². The first-order valence-electron chi connectivity index (χ1n) is 6.68. The molecule has 100 valence electrons. The molecule has 0 atom stereocenters. The zero-order chi connectivity index (χ0) is 13.1. The fourth-order valence-corrected chi connectivity index (χ4v) is 2.50. The lowest BCUT2D eigenvalue weighted by atomic mass is 9.91. The minimum atomic E-state index is -0.490. The van der Waals surface area contributed by atoms with Crippen molar-refractivity contribution in [3.63, 3.8) is 0 Å². The van der Waals surface area contributed by atoms with Crippen molar-refractivity contribution in [2.24, 2.45) is 5.73 Å². The smallest absolute Gasteiger partial charge is 0.247 e. The van der Waals surface area contributed by atoms with Gasteiger partial charge in [0.15, 0.2) is 0 Å². The molecule has 2 aromatic heterocycles. The van der Waals surface area contributed by atoms with E-state index in [4.69, 9.17) is 10.3 Å². The Kier molecular flexibility index (Phi) is 3.25. The Hall–Kier alpha value is -1.82. The number of rotatable bonds is 2. The fourth-order valence-electron chi connectivity index (χ4n) is 2.50. The summed E-state index contributed by atoms with van der Waals surface area (Å²) in [5.74, 6) is 1.39. The summed E-state index contributed by atoms with van der Waals surface area (Å²) in [6, 6.07) is 1.75. The lowest BCUT2D eigenvalue weighted by molar-refractivity contribution is 0.257. The number of aromatic nitrogens is 4. The van der Waals surface area contributed by atoms with Gasteiger partial charge < -0.3 is 10.3 Å². The summed E-state index contributed by atoms with van der Waals surface area (Å²) >= 11 is 0. The molecule has 0 radical (unpaired) electrons. The number of nitrogens with zero attached hydrogens (tertiary/aromatic N) is 4. The van der Waals surface area contributed by atoms with Crippen LogP contribution in [0.4, 0.5) is 0 Å². The van der Waals surface area contributed by atoms with E-state index < -0.39 is 5.54 Å². The van der Waals surface area contributed by atoms with Crippen LogP contribution in [0.3, 0.4) is 0 Å². The third kappa shape index (κ3) is 2.49. The first-order chi connectivity index (χ1) is 9.28. The molecule has 3 rings (SSSR count). The van der Waals surface area contributed by atoms with Gasteiger partial charge in [-0.2, -0.15) is 4.98 Å². The standard InChI is InChI=1S/C13H17N5O/c14-13(6-3-1-2-4-7-13)12-17-11(18-19-12)10-15-8-5-9-16-10/h5,8-9H,1-4,6-7,14H2. The molecule has 0 saturated heterocycles. The molecule has 0 spiro atoms. The molecule has 2 aromatic rings. The van der Waals surface area contributed by atoms with E-state index in [9.17, 15) is 0 Å². The number of nitrogens with two attached hydrogens (primary N) is 1. The Balaban J connectivity index is 1.88. The Morgan fingerprint density at radius 1 is 1.00 bits per heavy atom. The Labute approximate surface area is 111 Å². The molecule has 0 aliphatic heterocycles. The van der Waals surface area contributed by atoms with E-state index in [1.54, 1.807) is 18.5 Å². The first-order valence-corrected chi connectivity index (χ1v) is 6.68. The van der Waals surface area contributed by atoms with Crippen molar-refractivity contribution in [2.75, 3.05) is 0 Å². The van der Waals surface area contributed by atoms with Gasteiger partial charge in [0.1, 0.15) is 0 Å². The number of hydrogen-bond donors (Lipinski definition) is 1. The lowest BCUT2D eigenvalue weighted by Gasteiger charge is -2.22. The summed E-state index contributed by atoms with van der Waals surface area (Å²) in [6.07, 6.45) is 9.76. The van der Waals surface area contributed by atoms with Gasteiger partial charge in [0.05, 0.1) is 5.54 Å². The van der Waals surface area contributed by atoms with Crippen LogP contribution < -0.4 is 5.73 Å². The van der Waals surface area contributed by atoms with Gasteiger partial charge in [-0.05, 0) is 18.9 Å². The highest BCUT2D eigenvalue weighted by Crippen LogP contribution is 2.33. The molecule has 6 heteroatoms. The Bertz CT molecular complexity index is 531. The van der Waals surface area contributed by atoms with Crippen LogP contribution in [-0.4, -0.2) is 20.1 Å². The molecule has 1 saturated carbocycles. The van der Waals surface area contributed by atoms with Crippen molar-refractivity contribution in [2.45, 2.75) is 44.1 Å². The van der Waals surface area contributed by atoms with Gasteiger partial charge in [0, 0.05) is 12.4 Å². The Morgan fingerprint density at radius 3 is 2.37 bits per heavy atom. The van der Waals surface area contributed by atoms with E-state index in [1.165, 1.54) is 12.8 Å². The van der Waals surface area contributed by atoms with Gasteiger partial charge in [-0.15, -0.1) is 0 Å². The van der Waals surface area contributed by atoms with Crippen LogP contribution in [0.2, 0.25) is 0 Å². The highest BCUT2D eigenvalue weighted by Gasteiger charge is 2.34. The predicted octanol–water partition coefficient (Wildman–Crippen LogP) is 2.03. The quantitative estimate of drug-likeness (QED) is 0.830. The number of hydrogen-bond acceptors (Lipinski definition) is 6. The maximum Gasteiger partial charge on any atom is 0.247 e. The van der Waals surface area contributed by atoms with Gasteiger partial charge in [0.2, 0.25) is 17.5 Å². The Morgan fingerprint density at radius 2 is 1.68 bits per heavy atom.